The van der Waals surface area contributed by atoms with Gasteiger partial charge in [0.05, 0.1) is 32.2 Å². The van der Waals surface area contributed by atoms with Crippen LogP contribution in [0.3, 0.4) is 0 Å². The van der Waals surface area contributed by atoms with Gasteiger partial charge < -0.3 is 25.4 Å². The number of benzene rings is 2. The summed E-state index contributed by atoms with van der Waals surface area (Å²) in [5, 5.41) is 16.9. The highest BCUT2D eigenvalue weighted by molar-refractivity contribution is 6.00. The quantitative estimate of drug-likeness (QED) is 0.482. The minimum atomic E-state index is -0.604. The van der Waals surface area contributed by atoms with Gasteiger partial charge in [-0.15, -0.1) is 0 Å². The Balaban J connectivity index is 1.99. The van der Waals surface area contributed by atoms with Crippen LogP contribution in [0.15, 0.2) is 42.5 Å². The first-order valence-electron chi connectivity index (χ1n) is 9.97. The second-order valence-corrected chi connectivity index (χ2v) is 6.87. The molecule has 0 bridgehead atoms. The second-order valence-electron chi connectivity index (χ2n) is 6.87. The number of anilines is 2. The smallest absolute Gasteiger partial charge is 0.407 e. The molecule has 3 N–H and O–H groups in total. The van der Waals surface area contributed by atoms with Crippen LogP contribution >= 0.6 is 0 Å². The van der Waals surface area contributed by atoms with Crippen molar-refractivity contribution in [3.8, 4) is 11.8 Å². The third-order valence-corrected chi connectivity index (χ3v) is 4.58. The summed E-state index contributed by atoms with van der Waals surface area (Å²) in [4.78, 5) is 27.8. The van der Waals surface area contributed by atoms with Crippen molar-refractivity contribution in [3.63, 3.8) is 0 Å². The number of nitrogens with one attached hydrogen (secondary N) is 3. The lowest BCUT2D eigenvalue weighted by molar-refractivity contribution is 0.0950. The summed E-state index contributed by atoms with van der Waals surface area (Å²) < 4.78 is 10.4. The molecule has 0 heterocycles. The molecule has 0 fully saturated rings. The van der Waals surface area contributed by atoms with Gasteiger partial charge in [0.25, 0.3) is 0 Å². The van der Waals surface area contributed by atoms with Gasteiger partial charge in [-0.1, -0.05) is 25.1 Å². The number of urea groups is 1. The number of amides is 3. The number of carbonyl (C=O) groups excluding carboxylic acids is 2. The number of rotatable bonds is 8. The van der Waals surface area contributed by atoms with Crippen molar-refractivity contribution in [3.05, 3.63) is 59.4 Å². The summed E-state index contributed by atoms with van der Waals surface area (Å²) in [6, 6.07) is 12.9. The van der Waals surface area contributed by atoms with E-state index < -0.39 is 18.2 Å². The molecule has 0 saturated carbocycles. The van der Waals surface area contributed by atoms with Gasteiger partial charge >= 0.3 is 12.1 Å². The summed E-state index contributed by atoms with van der Waals surface area (Å²) in [5.41, 5.74) is 2.12. The van der Waals surface area contributed by atoms with E-state index in [0.717, 1.165) is 5.56 Å². The van der Waals surface area contributed by atoms with Crippen molar-refractivity contribution >= 4 is 29.2 Å². The number of nitriles is 1. The molecule has 2 rings (SSSR count). The van der Waals surface area contributed by atoms with Crippen LogP contribution < -0.4 is 20.7 Å². The number of hydrogen-bond donors (Lipinski definition) is 3. The van der Waals surface area contributed by atoms with Gasteiger partial charge in [-0.25, -0.2) is 14.4 Å². The number of carbonyl (C=O) groups is 2. The molecule has 32 heavy (non-hydrogen) atoms. The van der Waals surface area contributed by atoms with Crippen LogP contribution in [-0.4, -0.2) is 25.3 Å². The third kappa shape index (κ3) is 6.92. The first-order chi connectivity index (χ1) is 15.4. The molecule has 3 amide bonds. The van der Waals surface area contributed by atoms with Crippen LogP contribution in [-0.2, 0) is 4.74 Å². The molecule has 2 aromatic rings. The molecule has 0 aromatic heterocycles. The number of ether oxygens (including phenoxy) is 2. The lowest BCUT2D eigenvalue weighted by Crippen LogP contribution is -2.31. The van der Waals surface area contributed by atoms with Crippen LogP contribution in [0.25, 0.3) is 4.85 Å². The molecular weight excluding hydrogens is 410 g/mol. The van der Waals surface area contributed by atoms with Crippen LogP contribution in [0.5, 0.6) is 5.75 Å². The summed E-state index contributed by atoms with van der Waals surface area (Å²) >= 11 is 0. The summed E-state index contributed by atoms with van der Waals surface area (Å²) in [5.74, 6) is 0.367. The Morgan fingerprint density at radius 1 is 1.19 bits per heavy atom. The van der Waals surface area contributed by atoms with Crippen molar-refractivity contribution in [2.24, 2.45) is 0 Å². The topological polar surface area (TPSA) is 117 Å². The van der Waals surface area contributed by atoms with Crippen molar-refractivity contribution < 1.29 is 19.1 Å². The Labute approximate surface area is 187 Å². The Bertz CT molecular complexity index is 1040. The van der Waals surface area contributed by atoms with E-state index in [9.17, 15) is 9.59 Å². The average molecular weight is 435 g/mol. The zero-order valence-corrected chi connectivity index (χ0v) is 18.1. The number of methoxy groups -OCH3 is 1. The fourth-order valence-corrected chi connectivity index (χ4v) is 2.84. The van der Waals surface area contributed by atoms with E-state index in [1.807, 2.05) is 19.1 Å². The van der Waals surface area contributed by atoms with Crippen molar-refractivity contribution in [2.75, 3.05) is 17.7 Å². The fraction of sp³-hybridized carbons (Fsp3) is 0.304. The molecule has 0 radical (unpaired) electrons. The van der Waals surface area contributed by atoms with Gasteiger partial charge in [-0.2, -0.15) is 5.26 Å². The lowest BCUT2D eigenvalue weighted by atomic mass is 10.1. The Kier molecular flexibility index (Phi) is 8.88. The van der Waals surface area contributed by atoms with Crippen LogP contribution in [0.2, 0.25) is 0 Å². The maximum atomic E-state index is 12.4. The number of hydrogen-bond acceptors (Lipinski definition) is 5. The molecule has 0 saturated heterocycles. The molecule has 2 aromatic carbocycles. The lowest BCUT2D eigenvalue weighted by Gasteiger charge is -2.18. The van der Waals surface area contributed by atoms with Gasteiger partial charge in [0.2, 0.25) is 5.69 Å². The first-order valence-corrected chi connectivity index (χ1v) is 9.97. The van der Waals surface area contributed by atoms with Crippen LogP contribution in [0.4, 0.5) is 26.7 Å². The predicted molar refractivity (Wildman–Crippen MR) is 121 cm³/mol. The third-order valence-electron chi connectivity index (χ3n) is 4.58. The summed E-state index contributed by atoms with van der Waals surface area (Å²) in [6.07, 6.45) is -0.366. The van der Waals surface area contributed by atoms with E-state index in [0.29, 0.717) is 29.2 Å². The molecule has 166 valence electrons. The summed E-state index contributed by atoms with van der Waals surface area (Å²) in [6.45, 7) is 10.7. The number of nitrogens with zero attached hydrogens (tertiary/aromatic N) is 2. The Morgan fingerprint density at radius 2 is 1.91 bits per heavy atom. The van der Waals surface area contributed by atoms with Gasteiger partial charge in [-0.3, -0.25) is 0 Å². The maximum Gasteiger partial charge on any atom is 0.407 e. The normalized spacial score (nSPS) is 11.8. The van der Waals surface area contributed by atoms with E-state index in [-0.39, 0.29) is 12.5 Å². The zero-order valence-electron chi connectivity index (χ0n) is 18.1. The second kappa shape index (κ2) is 11.8. The van der Waals surface area contributed by atoms with Gasteiger partial charge in [0.1, 0.15) is 11.9 Å². The average Bonchev–Trinajstić information content (AvgIpc) is 2.78. The summed E-state index contributed by atoms with van der Waals surface area (Å²) in [7, 11) is 1.45. The first kappa shape index (κ1) is 24.0. The predicted octanol–water partition coefficient (Wildman–Crippen LogP) is 5.37. The minimum absolute atomic E-state index is 0.138. The molecule has 9 nitrogen and oxygen atoms in total. The van der Waals surface area contributed by atoms with E-state index in [2.05, 4.69) is 20.8 Å². The molecule has 9 heteroatoms. The highest BCUT2D eigenvalue weighted by Gasteiger charge is 2.16. The van der Waals surface area contributed by atoms with E-state index in [1.54, 1.807) is 43.3 Å². The van der Waals surface area contributed by atoms with Gasteiger partial charge in [-0.05, 0) is 43.2 Å². The molecule has 0 unspecified atom stereocenters. The highest BCUT2D eigenvalue weighted by atomic mass is 16.6. The number of alkyl carbamates (subject to hydrolysis) is 1. The highest BCUT2D eigenvalue weighted by Crippen LogP contribution is 2.30. The fourth-order valence-electron chi connectivity index (χ4n) is 2.84. The molecule has 0 aliphatic rings. The molecule has 2 atom stereocenters. The maximum absolute atomic E-state index is 12.4. The van der Waals surface area contributed by atoms with Crippen LogP contribution in [0, 0.1) is 17.9 Å². The standard InChI is InChI=1S/C23H25N5O4/c1-5-19(11-12-24)32-23(30)26-15(2)16-7-6-8-17(13-16)27-22(29)28-18-9-10-20(25-3)21(14-18)31-4/h6-10,13-15,19H,5,11H2,1-2,4H3,(H,26,30)(H2,27,28,29)/t15-,19+/m0/s1. The van der Waals surface area contributed by atoms with E-state index in [1.165, 1.54) is 7.11 Å². The van der Waals surface area contributed by atoms with Crippen molar-refractivity contribution in [2.45, 2.75) is 38.8 Å². The molecule has 0 aliphatic heterocycles. The molecule has 0 spiro atoms. The van der Waals surface area contributed by atoms with Gasteiger partial charge in [0.15, 0.2) is 0 Å². The Morgan fingerprint density at radius 3 is 2.53 bits per heavy atom. The van der Waals surface area contributed by atoms with Crippen LogP contribution in [0.1, 0.15) is 38.3 Å². The van der Waals surface area contributed by atoms with Crippen molar-refractivity contribution in [1.29, 1.82) is 5.26 Å². The SMILES string of the molecule is [C-]#[N+]c1ccc(NC(=O)Nc2cccc([C@H](C)NC(=O)O[C@H](CC)CC#N)c2)cc1OC. The van der Waals surface area contributed by atoms with Gasteiger partial charge in [0, 0.05) is 11.4 Å². The molecular formula is C23H25N5O4. The Hall–Kier alpha value is -4.24. The van der Waals surface area contributed by atoms with Crippen molar-refractivity contribution in [1.82, 2.24) is 5.32 Å². The van der Waals surface area contributed by atoms with E-state index >= 15 is 0 Å². The zero-order chi connectivity index (χ0) is 23.5. The minimum Gasteiger partial charge on any atom is -0.508 e. The monoisotopic (exact) mass is 435 g/mol. The molecule has 0 aliphatic carbocycles. The largest absolute Gasteiger partial charge is 0.508 e. The van der Waals surface area contributed by atoms with E-state index in [4.69, 9.17) is 21.3 Å².